The summed E-state index contributed by atoms with van der Waals surface area (Å²) >= 11 is 0. The molecule has 1 aromatic heterocycles. The zero-order valence-electron chi connectivity index (χ0n) is 13.4. The molecule has 1 N–H and O–H groups in total. The second-order valence-corrected chi connectivity index (χ2v) is 6.08. The Kier molecular flexibility index (Phi) is 4.01. The first-order valence-electron chi connectivity index (χ1n) is 7.91. The summed E-state index contributed by atoms with van der Waals surface area (Å²) in [4.78, 5) is 16.4. The maximum atomic E-state index is 12.3. The highest BCUT2D eigenvalue weighted by atomic mass is 16.4. The summed E-state index contributed by atoms with van der Waals surface area (Å²) in [6, 6.07) is 6.51. The lowest BCUT2D eigenvalue weighted by Gasteiger charge is -2.19. The Labute approximate surface area is 130 Å². The van der Waals surface area contributed by atoms with Gasteiger partial charge in [-0.25, -0.2) is 4.98 Å². The molecule has 1 atom stereocenters. The summed E-state index contributed by atoms with van der Waals surface area (Å²) < 4.78 is 5.38. The fourth-order valence-electron chi connectivity index (χ4n) is 3.11. The van der Waals surface area contributed by atoms with E-state index in [1.807, 2.05) is 6.92 Å². The number of nitrogens with one attached hydrogen (secondary N) is 1. The fraction of sp³-hybridized carbons (Fsp3) is 0.444. The van der Waals surface area contributed by atoms with E-state index in [2.05, 4.69) is 28.5 Å². The van der Waals surface area contributed by atoms with Gasteiger partial charge in [0.2, 0.25) is 5.76 Å². The van der Waals surface area contributed by atoms with Gasteiger partial charge in [0.15, 0.2) is 5.89 Å². The molecule has 1 heterocycles. The van der Waals surface area contributed by atoms with E-state index in [0.717, 1.165) is 12.0 Å². The van der Waals surface area contributed by atoms with Crippen molar-refractivity contribution in [1.29, 1.82) is 0 Å². The summed E-state index contributed by atoms with van der Waals surface area (Å²) in [5.41, 5.74) is 4.65. The zero-order valence-corrected chi connectivity index (χ0v) is 13.4. The van der Waals surface area contributed by atoms with Crippen molar-refractivity contribution in [2.45, 2.75) is 52.5 Å². The lowest BCUT2D eigenvalue weighted by molar-refractivity contribution is 0.0909. The largest absolute Gasteiger partial charge is 0.436 e. The number of oxazole rings is 1. The number of rotatable bonds is 3. The Morgan fingerprint density at radius 3 is 2.64 bits per heavy atom. The first kappa shape index (κ1) is 14.8. The molecule has 0 saturated carbocycles. The highest BCUT2D eigenvalue weighted by Crippen LogP contribution is 2.25. The SMILES string of the molecule is Cc1nc(C)c(C(=O)N[C@H](C)c2ccc3c(c2)CCCC3)o1. The number of hydrogen-bond acceptors (Lipinski definition) is 3. The van der Waals surface area contributed by atoms with Crippen LogP contribution in [0.4, 0.5) is 0 Å². The van der Waals surface area contributed by atoms with E-state index in [4.69, 9.17) is 4.42 Å². The molecule has 4 heteroatoms. The second-order valence-electron chi connectivity index (χ2n) is 6.08. The molecule has 3 rings (SSSR count). The van der Waals surface area contributed by atoms with Crippen molar-refractivity contribution in [3.8, 4) is 0 Å². The van der Waals surface area contributed by atoms with Gasteiger partial charge in [-0.15, -0.1) is 0 Å². The topological polar surface area (TPSA) is 55.1 Å². The molecule has 0 saturated heterocycles. The third-order valence-corrected chi connectivity index (χ3v) is 4.33. The van der Waals surface area contributed by atoms with Gasteiger partial charge in [-0.3, -0.25) is 4.79 Å². The number of amides is 1. The van der Waals surface area contributed by atoms with Gasteiger partial charge < -0.3 is 9.73 Å². The lowest BCUT2D eigenvalue weighted by Crippen LogP contribution is -2.27. The quantitative estimate of drug-likeness (QED) is 0.940. The van der Waals surface area contributed by atoms with Crippen LogP contribution < -0.4 is 5.32 Å². The third-order valence-electron chi connectivity index (χ3n) is 4.33. The molecule has 1 aliphatic rings. The minimum atomic E-state index is -0.205. The van der Waals surface area contributed by atoms with Crippen LogP contribution in [0.2, 0.25) is 0 Å². The fourth-order valence-corrected chi connectivity index (χ4v) is 3.11. The maximum Gasteiger partial charge on any atom is 0.289 e. The summed E-state index contributed by atoms with van der Waals surface area (Å²) in [5, 5.41) is 3.00. The van der Waals surface area contributed by atoms with Gasteiger partial charge in [0.1, 0.15) is 0 Å². The van der Waals surface area contributed by atoms with Crippen LogP contribution in [-0.4, -0.2) is 10.9 Å². The molecule has 1 amide bonds. The predicted octanol–water partition coefficient (Wildman–Crippen LogP) is 3.66. The van der Waals surface area contributed by atoms with Gasteiger partial charge in [-0.05, 0) is 56.2 Å². The highest BCUT2D eigenvalue weighted by molar-refractivity contribution is 5.92. The minimum Gasteiger partial charge on any atom is -0.436 e. The van der Waals surface area contributed by atoms with Crippen molar-refractivity contribution < 1.29 is 9.21 Å². The van der Waals surface area contributed by atoms with Crippen molar-refractivity contribution in [2.75, 3.05) is 0 Å². The van der Waals surface area contributed by atoms with Crippen molar-refractivity contribution in [3.63, 3.8) is 0 Å². The Morgan fingerprint density at radius 1 is 1.23 bits per heavy atom. The smallest absolute Gasteiger partial charge is 0.289 e. The molecule has 1 aliphatic carbocycles. The molecule has 0 aliphatic heterocycles. The van der Waals surface area contributed by atoms with Crippen LogP contribution in [0.5, 0.6) is 0 Å². The van der Waals surface area contributed by atoms with Crippen LogP contribution in [0.25, 0.3) is 0 Å². The molecular weight excluding hydrogens is 276 g/mol. The third kappa shape index (κ3) is 2.91. The van der Waals surface area contributed by atoms with Crippen LogP contribution in [0.1, 0.15) is 64.6 Å². The number of benzene rings is 1. The molecule has 22 heavy (non-hydrogen) atoms. The lowest BCUT2D eigenvalue weighted by atomic mass is 9.89. The number of carbonyl (C=O) groups is 1. The van der Waals surface area contributed by atoms with E-state index in [0.29, 0.717) is 17.3 Å². The summed E-state index contributed by atoms with van der Waals surface area (Å²) in [5.74, 6) is 0.620. The summed E-state index contributed by atoms with van der Waals surface area (Å²) in [7, 11) is 0. The van der Waals surface area contributed by atoms with Gasteiger partial charge in [-0.1, -0.05) is 18.2 Å². The van der Waals surface area contributed by atoms with E-state index >= 15 is 0 Å². The molecule has 2 aromatic rings. The molecule has 0 spiro atoms. The van der Waals surface area contributed by atoms with Crippen molar-refractivity contribution >= 4 is 5.91 Å². The molecule has 0 unspecified atom stereocenters. The standard InChI is InChI=1S/C18H22N2O2/c1-11(20-18(21)17-12(2)19-13(3)22-17)15-9-8-14-6-4-5-7-16(14)10-15/h8-11H,4-7H2,1-3H3,(H,20,21)/t11-/m1/s1. The number of aromatic nitrogens is 1. The van der Waals surface area contributed by atoms with Crippen LogP contribution in [0.15, 0.2) is 22.6 Å². The number of carbonyl (C=O) groups excluding carboxylic acids is 1. The Bertz CT molecular complexity index is 703. The number of fused-ring (bicyclic) bond motifs is 1. The van der Waals surface area contributed by atoms with Crippen LogP contribution in [-0.2, 0) is 12.8 Å². The van der Waals surface area contributed by atoms with Gasteiger partial charge >= 0.3 is 0 Å². The van der Waals surface area contributed by atoms with Gasteiger partial charge in [0.05, 0.1) is 11.7 Å². The van der Waals surface area contributed by atoms with Crippen LogP contribution in [0.3, 0.4) is 0 Å². The number of aryl methyl sites for hydroxylation is 4. The first-order chi connectivity index (χ1) is 10.5. The van der Waals surface area contributed by atoms with Crippen molar-refractivity contribution in [2.24, 2.45) is 0 Å². The molecule has 4 nitrogen and oxygen atoms in total. The monoisotopic (exact) mass is 298 g/mol. The highest BCUT2D eigenvalue weighted by Gasteiger charge is 2.19. The van der Waals surface area contributed by atoms with E-state index in [9.17, 15) is 4.79 Å². The average molecular weight is 298 g/mol. The molecular formula is C18H22N2O2. The van der Waals surface area contributed by atoms with E-state index in [-0.39, 0.29) is 11.9 Å². The first-order valence-corrected chi connectivity index (χ1v) is 7.91. The predicted molar refractivity (Wildman–Crippen MR) is 84.9 cm³/mol. The molecule has 0 radical (unpaired) electrons. The molecule has 0 bridgehead atoms. The minimum absolute atomic E-state index is 0.0514. The maximum absolute atomic E-state index is 12.3. The van der Waals surface area contributed by atoms with E-state index in [1.165, 1.54) is 30.4 Å². The zero-order chi connectivity index (χ0) is 15.7. The Hall–Kier alpha value is -2.10. The van der Waals surface area contributed by atoms with Gasteiger partial charge in [0, 0.05) is 6.92 Å². The average Bonchev–Trinajstić information content (AvgIpc) is 2.85. The van der Waals surface area contributed by atoms with Crippen LogP contribution in [0, 0.1) is 13.8 Å². The number of nitrogens with zero attached hydrogens (tertiary/aromatic N) is 1. The van der Waals surface area contributed by atoms with E-state index < -0.39 is 0 Å². The summed E-state index contributed by atoms with van der Waals surface area (Å²) in [6.45, 7) is 5.53. The molecule has 1 aromatic carbocycles. The normalized spacial score (nSPS) is 15.2. The second kappa shape index (κ2) is 5.95. The van der Waals surface area contributed by atoms with Gasteiger partial charge in [-0.2, -0.15) is 0 Å². The van der Waals surface area contributed by atoms with Crippen molar-refractivity contribution in [3.05, 3.63) is 52.2 Å². The Morgan fingerprint density at radius 2 is 1.95 bits per heavy atom. The Balaban J connectivity index is 1.75. The molecule has 0 fully saturated rings. The molecule has 116 valence electrons. The number of hydrogen-bond donors (Lipinski definition) is 1. The van der Waals surface area contributed by atoms with Crippen molar-refractivity contribution in [1.82, 2.24) is 10.3 Å². The van der Waals surface area contributed by atoms with E-state index in [1.54, 1.807) is 13.8 Å². The van der Waals surface area contributed by atoms with Gasteiger partial charge in [0.25, 0.3) is 5.91 Å². The summed E-state index contributed by atoms with van der Waals surface area (Å²) in [6.07, 6.45) is 4.85. The van der Waals surface area contributed by atoms with Crippen LogP contribution >= 0.6 is 0 Å².